The van der Waals surface area contributed by atoms with E-state index in [1.54, 1.807) is 14.0 Å². The minimum Gasteiger partial charge on any atom is -0.291 e. The van der Waals surface area contributed by atoms with Crippen LogP contribution in [0.1, 0.15) is 15.9 Å². The molecule has 0 unspecified atom stereocenters. The van der Waals surface area contributed by atoms with E-state index in [2.05, 4.69) is 15.4 Å². The number of nitrogens with one attached hydrogen (secondary N) is 1. The van der Waals surface area contributed by atoms with Crippen LogP contribution in [0.4, 0.5) is 11.6 Å². The molecule has 19 heavy (non-hydrogen) atoms. The number of nitrogens with zero attached hydrogens (tertiary/aromatic N) is 4. The lowest BCUT2D eigenvalue weighted by Gasteiger charge is -2.06. The van der Waals surface area contributed by atoms with Crippen molar-refractivity contribution in [1.82, 2.24) is 14.8 Å². The first-order chi connectivity index (χ1) is 8.99. The van der Waals surface area contributed by atoms with Gasteiger partial charge in [-0.05, 0) is 18.6 Å². The molecule has 1 N–H and O–H groups in total. The number of hydrogen-bond donors (Lipinski definition) is 1. The summed E-state index contributed by atoms with van der Waals surface area (Å²) in [7, 11) is 1.64. The number of rotatable bonds is 3. The number of aryl methyl sites for hydroxylation is 2. The maximum Gasteiger partial charge on any atom is 0.269 e. The number of carbonyl (C=O) groups excluding carboxylic acids is 1. The Morgan fingerprint density at radius 2 is 2.21 bits per heavy atom. The first kappa shape index (κ1) is 12.7. The van der Waals surface area contributed by atoms with E-state index in [0.29, 0.717) is 17.1 Å². The largest absolute Gasteiger partial charge is 0.291 e. The standard InChI is InChI=1S/C11H11N5O3/c1-7-5-8(16(18)19)3-4-9(7)10(17)14-11-12-6-13-15(11)2/h3-6H,1-2H3,(H,12,13,14,17). The van der Waals surface area contributed by atoms with Crippen LogP contribution < -0.4 is 5.32 Å². The van der Waals surface area contributed by atoms with Gasteiger partial charge < -0.3 is 0 Å². The van der Waals surface area contributed by atoms with Crippen LogP contribution in [0, 0.1) is 17.0 Å². The topological polar surface area (TPSA) is 103 Å². The number of anilines is 1. The second kappa shape index (κ2) is 4.84. The average molecular weight is 261 g/mol. The molecule has 0 aliphatic rings. The van der Waals surface area contributed by atoms with Gasteiger partial charge in [-0.3, -0.25) is 20.2 Å². The van der Waals surface area contributed by atoms with E-state index in [0.717, 1.165) is 0 Å². The molecule has 1 aromatic heterocycles. The molecule has 1 aromatic carbocycles. The monoisotopic (exact) mass is 261 g/mol. The first-order valence-electron chi connectivity index (χ1n) is 5.39. The van der Waals surface area contributed by atoms with Gasteiger partial charge in [0.05, 0.1) is 4.92 Å². The van der Waals surface area contributed by atoms with Gasteiger partial charge in [0.2, 0.25) is 5.95 Å². The maximum atomic E-state index is 12.0. The van der Waals surface area contributed by atoms with Gasteiger partial charge in [0.25, 0.3) is 11.6 Å². The molecule has 0 atom stereocenters. The number of benzene rings is 1. The molecule has 0 radical (unpaired) electrons. The summed E-state index contributed by atoms with van der Waals surface area (Å²) in [5.74, 6) is -0.0775. The summed E-state index contributed by atoms with van der Waals surface area (Å²) in [5.41, 5.74) is 0.829. The fraction of sp³-hybridized carbons (Fsp3) is 0.182. The maximum absolute atomic E-state index is 12.0. The molecular formula is C11H11N5O3. The van der Waals surface area contributed by atoms with Crippen LogP contribution in [-0.4, -0.2) is 25.6 Å². The van der Waals surface area contributed by atoms with Crippen molar-refractivity contribution >= 4 is 17.5 Å². The zero-order valence-electron chi connectivity index (χ0n) is 10.3. The van der Waals surface area contributed by atoms with Gasteiger partial charge in [-0.25, -0.2) is 4.68 Å². The number of carbonyl (C=O) groups is 1. The highest BCUT2D eigenvalue weighted by atomic mass is 16.6. The van der Waals surface area contributed by atoms with Crippen molar-refractivity contribution in [1.29, 1.82) is 0 Å². The summed E-state index contributed by atoms with van der Waals surface area (Å²) in [6.07, 6.45) is 1.32. The highest BCUT2D eigenvalue weighted by Crippen LogP contribution is 2.17. The Morgan fingerprint density at radius 3 is 2.74 bits per heavy atom. The summed E-state index contributed by atoms with van der Waals surface area (Å²) in [4.78, 5) is 26.0. The number of non-ortho nitro benzene ring substituents is 1. The number of nitro groups is 1. The van der Waals surface area contributed by atoms with Crippen molar-refractivity contribution in [2.24, 2.45) is 7.05 Å². The van der Waals surface area contributed by atoms with Gasteiger partial charge in [-0.2, -0.15) is 10.1 Å². The second-order valence-corrected chi connectivity index (χ2v) is 3.92. The molecule has 0 spiro atoms. The number of nitro benzene ring substituents is 1. The lowest BCUT2D eigenvalue weighted by atomic mass is 10.1. The summed E-state index contributed by atoms with van der Waals surface area (Å²) >= 11 is 0. The predicted molar refractivity (Wildman–Crippen MR) is 66.8 cm³/mol. The second-order valence-electron chi connectivity index (χ2n) is 3.92. The Balaban J connectivity index is 2.25. The molecule has 0 aliphatic heterocycles. The Hall–Kier alpha value is -2.77. The van der Waals surface area contributed by atoms with Gasteiger partial charge in [0.15, 0.2) is 0 Å². The minimum absolute atomic E-state index is 0.0484. The molecule has 8 heteroatoms. The molecule has 0 aliphatic carbocycles. The molecule has 0 saturated carbocycles. The summed E-state index contributed by atoms with van der Waals surface area (Å²) in [6.45, 7) is 1.64. The van der Waals surface area contributed by atoms with Crippen LogP contribution in [0.15, 0.2) is 24.5 Å². The van der Waals surface area contributed by atoms with Crippen molar-refractivity contribution < 1.29 is 9.72 Å². The summed E-state index contributed by atoms with van der Waals surface area (Å²) in [5, 5.41) is 17.0. The van der Waals surface area contributed by atoms with Gasteiger partial charge in [-0.1, -0.05) is 0 Å². The third kappa shape index (κ3) is 2.57. The summed E-state index contributed by atoms with van der Waals surface area (Å²) in [6, 6.07) is 4.06. The van der Waals surface area contributed by atoms with Crippen LogP contribution in [0.25, 0.3) is 0 Å². The molecular weight excluding hydrogens is 250 g/mol. The van der Waals surface area contributed by atoms with E-state index < -0.39 is 4.92 Å². The van der Waals surface area contributed by atoms with E-state index in [1.165, 1.54) is 29.2 Å². The lowest BCUT2D eigenvalue weighted by Crippen LogP contribution is -2.16. The molecule has 8 nitrogen and oxygen atoms in total. The third-order valence-corrected chi connectivity index (χ3v) is 2.60. The van der Waals surface area contributed by atoms with E-state index in [-0.39, 0.29) is 11.6 Å². The molecule has 2 aromatic rings. The fourth-order valence-corrected chi connectivity index (χ4v) is 1.59. The smallest absolute Gasteiger partial charge is 0.269 e. The minimum atomic E-state index is -0.503. The molecule has 0 saturated heterocycles. The van der Waals surface area contributed by atoms with E-state index in [9.17, 15) is 14.9 Å². The zero-order valence-corrected chi connectivity index (χ0v) is 10.3. The van der Waals surface area contributed by atoms with Crippen LogP contribution in [-0.2, 0) is 7.05 Å². The molecule has 98 valence electrons. The highest BCUT2D eigenvalue weighted by molar-refractivity contribution is 6.04. The third-order valence-electron chi connectivity index (χ3n) is 2.60. The predicted octanol–water partition coefficient (Wildman–Crippen LogP) is 1.28. The van der Waals surface area contributed by atoms with Gasteiger partial charge in [-0.15, -0.1) is 0 Å². The van der Waals surface area contributed by atoms with E-state index >= 15 is 0 Å². The van der Waals surface area contributed by atoms with Crippen LogP contribution >= 0.6 is 0 Å². The van der Waals surface area contributed by atoms with Crippen molar-refractivity contribution in [3.63, 3.8) is 0 Å². The van der Waals surface area contributed by atoms with Gasteiger partial charge >= 0.3 is 0 Å². The normalized spacial score (nSPS) is 10.2. The van der Waals surface area contributed by atoms with Crippen LogP contribution in [0.3, 0.4) is 0 Å². The van der Waals surface area contributed by atoms with E-state index in [1.807, 2.05) is 0 Å². The van der Waals surface area contributed by atoms with Crippen molar-refractivity contribution in [3.05, 3.63) is 45.8 Å². The Labute approximate surface area is 108 Å². The van der Waals surface area contributed by atoms with Crippen molar-refractivity contribution in [3.8, 4) is 0 Å². The van der Waals surface area contributed by atoms with Gasteiger partial charge in [0.1, 0.15) is 6.33 Å². The van der Waals surface area contributed by atoms with Crippen LogP contribution in [0.2, 0.25) is 0 Å². The van der Waals surface area contributed by atoms with Crippen LogP contribution in [0.5, 0.6) is 0 Å². The fourth-order valence-electron chi connectivity index (χ4n) is 1.59. The molecule has 1 heterocycles. The average Bonchev–Trinajstić information content (AvgIpc) is 2.74. The number of hydrogen-bond acceptors (Lipinski definition) is 5. The molecule has 2 rings (SSSR count). The number of aromatic nitrogens is 3. The quantitative estimate of drug-likeness (QED) is 0.662. The van der Waals surface area contributed by atoms with E-state index in [4.69, 9.17) is 0 Å². The van der Waals surface area contributed by atoms with Crippen molar-refractivity contribution in [2.45, 2.75) is 6.92 Å². The van der Waals surface area contributed by atoms with Crippen molar-refractivity contribution in [2.75, 3.05) is 5.32 Å². The Morgan fingerprint density at radius 1 is 1.47 bits per heavy atom. The molecule has 1 amide bonds. The summed E-state index contributed by atoms with van der Waals surface area (Å²) < 4.78 is 1.42. The Bertz CT molecular complexity index is 650. The van der Waals surface area contributed by atoms with Gasteiger partial charge in [0, 0.05) is 24.7 Å². The first-order valence-corrected chi connectivity index (χ1v) is 5.39. The highest BCUT2D eigenvalue weighted by Gasteiger charge is 2.15. The lowest BCUT2D eigenvalue weighted by molar-refractivity contribution is -0.384. The SMILES string of the molecule is Cc1cc([N+](=O)[O-])ccc1C(=O)Nc1ncnn1C. The zero-order chi connectivity index (χ0) is 14.0. The Kier molecular flexibility index (Phi) is 3.23. The molecule has 0 fully saturated rings. The number of amides is 1. The molecule has 0 bridgehead atoms.